The van der Waals surface area contributed by atoms with Gasteiger partial charge in [0.1, 0.15) is 6.10 Å². The van der Waals surface area contributed by atoms with Crippen LogP contribution >= 0.6 is 0 Å². The van der Waals surface area contributed by atoms with E-state index in [0.29, 0.717) is 0 Å². The average Bonchev–Trinajstić information content (AvgIpc) is 1.94. The van der Waals surface area contributed by atoms with E-state index in [-0.39, 0.29) is 12.2 Å². The van der Waals surface area contributed by atoms with Gasteiger partial charge in [-0.25, -0.2) is 14.8 Å². The van der Waals surface area contributed by atoms with E-state index in [9.17, 15) is 4.79 Å². The molecule has 1 rings (SSSR count). The predicted octanol–water partition coefficient (Wildman–Crippen LogP) is 1.08. The molecule has 0 aromatic heterocycles. The van der Waals surface area contributed by atoms with Gasteiger partial charge in [0.25, 0.3) is 0 Å². The van der Waals surface area contributed by atoms with E-state index in [1.54, 1.807) is 12.1 Å². The van der Waals surface area contributed by atoms with Gasteiger partial charge in [-0.15, -0.1) is 0 Å². The number of carbonyl (C=O) groups excluding carboxylic acids is 1. The first-order valence-corrected chi connectivity index (χ1v) is 4.23. The zero-order valence-corrected chi connectivity index (χ0v) is 7.91. The summed E-state index contributed by atoms with van der Waals surface area (Å²) in [5, 5.41) is 3.15. The van der Waals surface area contributed by atoms with Crippen molar-refractivity contribution < 1.29 is 9.53 Å². The fourth-order valence-electron chi connectivity index (χ4n) is 0.871. The second-order valence-electron chi connectivity index (χ2n) is 3.31. The highest BCUT2D eigenvalue weighted by molar-refractivity contribution is 5.66. The molecule has 0 atom stereocenters. The summed E-state index contributed by atoms with van der Waals surface area (Å²) < 4.78 is 5.15. The smallest absolute Gasteiger partial charge is 0.424 e. The number of amides is 1. The molecule has 1 saturated carbocycles. The Hall–Kier alpha value is -0.770. The number of carbonyl (C=O) groups is 1. The van der Waals surface area contributed by atoms with Crippen LogP contribution in [0.1, 0.15) is 19.3 Å². The monoisotopic (exact) mass is 172 g/mol. The van der Waals surface area contributed by atoms with E-state index in [0.717, 1.165) is 12.8 Å². The van der Waals surface area contributed by atoms with Gasteiger partial charge in [-0.05, 0) is 19.3 Å². The van der Waals surface area contributed by atoms with Crippen molar-refractivity contribution in [3.63, 3.8) is 0 Å². The Morgan fingerprint density at radius 1 is 1.33 bits per heavy atom. The number of rotatable bonds is 2. The topological polar surface area (TPSA) is 32.8 Å². The maximum absolute atomic E-state index is 11.2. The summed E-state index contributed by atoms with van der Waals surface area (Å²) in [5.41, 5.74) is 0. The van der Waals surface area contributed by atoms with Crippen LogP contribution in [0.25, 0.3) is 0 Å². The van der Waals surface area contributed by atoms with Crippen LogP contribution in [0, 0.1) is 0 Å². The highest BCUT2D eigenvalue weighted by atomic mass is 16.6. The molecule has 0 aromatic rings. The highest BCUT2D eigenvalue weighted by Gasteiger charge is 2.23. The molecule has 1 amide bonds. The Morgan fingerprint density at radius 2 is 1.92 bits per heavy atom. The predicted molar refractivity (Wildman–Crippen MR) is 45.6 cm³/mol. The SMILES string of the molecule is CN(C)N(C)C(=O)OC1CCC1. The van der Waals surface area contributed by atoms with Crippen molar-refractivity contribution in [3.05, 3.63) is 0 Å². The van der Waals surface area contributed by atoms with Gasteiger partial charge in [-0.2, -0.15) is 0 Å². The van der Waals surface area contributed by atoms with Gasteiger partial charge >= 0.3 is 6.09 Å². The Morgan fingerprint density at radius 3 is 2.25 bits per heavy atom. The van der Waals surface area contributed by atoms with Crippen LogP contribution in [0.4, 0.5) is 4.79 Å². The average molecular weight is 172 g/mol. The first-order valence-electron chi connectivity index (χ1n) is 4.23. The lowest BCUT2D eigenvalue weighted by Crippen LogP contribution is -2.41. The van der Waals surface area contributed by atoms with Crippen molar-refractivity contribution in [2.45, 2.75) is 25.4 Å². The summed E-state index contributed by atoms with van der Waals surface area (Å²) in [4.78, 5) is 11.2. The van der Waals surface area contributed by atoms with Crippen molar-refractivity contribution in [2.75, 3.05) is 21.1 Å². The molecule has 0 bridgehead atoms. The highest BCUT2D eigenvalue weighted by Crippen LogP contribution is 2.22. The summed E-state index contributed by atoms with van der Waals surface area (Å²) in [6.07, 6.45) is 3.13. The molecule has 0 saturated heterocycles. The van der Waals surface area contributed by atoms with Crippen LogP contribution < -0.4 is 0 Å². The molecule has 0 spiro atoms. The van der Waals surface area contributed by atoms with Crippen LogP contribution in [0.15, 0.2) is 0 Å². The van der Waals surface area contributed by atoms with Crippen LogP contribution in [0.3, 0.4) is 0 Å². The zero-order chi connectivity index (χ0) is 9.14. The third-order valence-corrected chi connectivity index (χ3v) is 2.18. The third kappa shape index (κ3) is 2.11. The molecule has 0 aliphatic heterocycles. The van der Waals surface area contributed by atoms with Gasteiger partial charge in [0.05, 0.1) is 0 Å². The molecule has 0 unspecified atom stereocenters. The molecule has 4 nitrogen and oxygen atoms in total. The van der Waals surface area contributed by atoms with Gasteiger partial charge in [-0.3, -0.25) is 0 Å². The van der Waals surface area contributed by atoms with Crippen molar-refractivity contribution in [3.8, 4) is 0 Å². The maximum atomic E-state index is 11.2. The second kappa shape index (κ2) is 3.76. The van der Waals surface area contributed by atoms with E-state index in [2.05, 4.69) is 0 Å². The van der Waals surface area contributed by atoms with Crippen molar-refractivity contribution >= 4 is 6.09 Å². The Balaban J connectivity index is 2.26. The minimum atomic E-state index is -0.260. The van der Waals surface area contributed by atoms with E-state index in [4.69, 9.17) is 4.74 Å². The summed E-state index contributed by atoms with van der Waals surface area (Å²) in [6, 6.07) is 0. The fourth-order valence-corrected chi connectivity index (χ4v) is 0.871. The molecule has 0 radical (unpaired) electrons. The quantitative estimate of drug-likeness (QED) is 0.584. The van der Waals surface area contributed by atoms with Crippen LogP contribution in [0.2, 0.25) is 0 Å². The lowest BCUT2D eigenvalue weighted by Gasteiger charge is -2.30. The lowest BCUT2D eigenvalue weighted by molar-refractivity contribution is -0.0130. The molecule has 4 heteroatoms. The number of nitrogens with zero attached hydrogens (tertiary/aromatic N) is 2. The van der Waals surface area contributed by atoms with E-state index in [1.807, 2.05) is 14.1 Å². The summed E-state index contributed by atoms with van der Waals surface area (Å²) >= 11 is 0. The minimum absolute atomic E-state index is 0.167. The lowest BCUT2D eigenvalue weighted by atomic mass is 9.96. The normalized spacial score (nSPS) is 17.3. The molecule has 0 aromatic carbocycles. The second-order valence-corrected chi connectivity index (χ2v) is 3.31. The van der Waals surface area contributed by atoms with Crippen molar-refractivity contribution in [1.29, 1.82) is 0 Å². The fraction of sp³-hybridized carbons (Fsp3) is 0.875. The van der Waals surface area contributed by atoms with Crippen molar-refractivity contribution in [2.24, 2.45) is 0 Å². The van der Waals surface area contributed by atoms with E-state index < -0.39 is 0 Å². The molecule has 0 N–H and O–H groups in total. The summed E-state index contributed by atoms with van der Waals surface area (Å²) in [7, 11) is 5.31. The largest absolute Gasteiger partial charge is 0.445 e. The molecule has 12 heavy (non-hydrogen) atoms. The number of hydrogen-bond acceptors (Lipinski definition) is 3. The number of hydrazine groups is 1. The van der Waals surface area contributed by atoms with Gasteiger partial charge < -0.3 is 4.74 Å². The molecule has 1 aliphatic rings. The Labute approximate surface area is 73.1 Å². The summed E-state index contributed by atoms with van der Waals surface area (Å²) in [5.74, 6) is 0. The molecule has 70 valence electrons. The van der Waals surface area contributed by atoms with Gasteiger partial charge in [0.2, 0.25) is 0 Å². The van der Waals surface area contributed by atoms with E-state index >= 15 is 0 Å². The Bertz CT molecular complexity index is 166. The summed E-state index contributed by atoms with van der Waals surface area (Å²) in [6.45, 7) is 0. The van der Waals surface area contributed by atoms with Crippen molar-refractivity contribution in [1.82, 2.24) is 10.0 Å². The number of hydrogen-bond donors (Lipinski definition) is 0. The minimum Gasteiger partial charge on any atom is -0.445 e. The van der Waals surface area contributed by atoms with Crippen LogP contribution in [-0.2, 0) is 4.74 Å². The first kappa shape index (κ1) is 9.32. The Kier molecular flexibility index (Phi) is 2.92. The molecular formula is C8H16N2O2. The zero-order valence-electron chi connectivity index (χ0n) is 7.91. The molecular weight excluding hydrogens is 156 g/mol. The van der Waals surface area contributed by atoms with E-state index in [1.165, 1.54) is 11.4 Å². The first-order chi connectivity index (χ1) is 5.61. The standard InChI is InChI=1S/C8H16N2O2/c1-9(2)10(3)8(11)12-7-5-4-6-7/h7H,4-6H2,1-3H3. The molecule has 0 heterocycles. The maximum Gasteiger partial charge on any atom is 0.424 e. The molecule has 1 fully saturated rings. The number of ether oxygens (including phenoxy) is 1. The van der Waals surface area contributed by atoms with Gasteiger partial charge in [0, 0.05) is 21.1 Å². The third-order valence-electron chi connectivity index (χ3n) is 2.18. The molecule has 1 aliphatic carbocycles. The van der Waals surface area contributed by atoms with Crippen LogP contribution in [0.5, 0.6) is 0 Å². The van der Waals surface area contributed by atoms with Crippen LogP contribution in [-0.4, -0.2) is 43.4 Å². The van der Waals surface area contributed by atoms with Gasteiger partial charge in [0.15, 0.2) is 0 Å². The van der Waals surface area contributed by atoms with Gasteiger partial charge in [-0.1, -0.05) is 0 Å².